The van der Waals surface area contributed by atoms with Gasteiger partial charge in [0.05, 0.1) is 0 Å². The molecule has 1 fully saturated rings. The third-order valence-electron chi connectivity index (χ3n) is 5.96. The lowest BCUT2D eigenvalue weighted by atomic mass is 10.0. The molecule has 3 aromatic rings. The van der Waals surface area contributed by atoms with E-state index in [1.807, 2.05) is 18.2 Å². The molecule has 0 bridgehead atoms. The van der Waals surface area contributed by atoms with E-state index in [2.05, 4.69) is 10.3 Å². The molecule has 0 spiro atoms. The van der Waals surface area contributed by atoms with Gasteiger partial charge in [-0.2, -0.15) is 4.90 Å². The highest BCUT2D eigenvalue weighted by Crippen LogP contribution is 2.41. The highest BCUT2D eigenvalue weighted by Gasteiger charge is 2.34. The number of nitrogens with one attached hydrogen (secondary N) is 1. The number of aromatic nitrogens is 1. The van der Waals surface area contributed by atoms with Gasteiger partial charge in [0, 0.05) is 17.3 Å². The van der Waals surface area contributed by atoms with E-state index in [-0.39, 0.29) is 5.82 Å². The lowest BCUT2D eigenvalue weighted by molar-refractivity contribution is -0.138. The predicted molar refractivity (Wildman–Crippen MR) is 149 cm³/mol. The molecule has 0 radical (unpaired) electrons. The lowest BCUT2D eigenvalue weighted by Crippen LogP contribution is -2.44. The third-order valence-corrected chi connectivity index (χ3v) is 5.96. The lowest BCUT2D eigenvalue weighted by Gasteiger charge is -2.28. The van der Waals surface area contributed by atoms with Crippen molar-refractivity contribution >= 4 is 40.4 Å². The Morgan fingerprint density at radius 1 is 0.949 bits per heavy atom. The number of carboxylic acid groups (broad SMARTS) is 1. The molecule has 1 atom stereocenters. The van der Waals surface area contributed by atoms with E-state index in [1.165, 1.54) is 6.20 Å². The zero-order valence-electron chi connectivity index (χ0n) is 23.1. The van der Waals surface area contributed by atoms with E-state index in [9.17, 15) is 19.5 Å². The Kier molecular flexibility index (Phi) is 7.54. The van der Waals surface area contributed by atoms with Gasteiger partial charge in [-0.15, -0.1) is 0 Å². The van der Waals surface area contributed by atoms with Gasteiger partial charge in [0.2, 0.25) is 0 Å². The van der Waals surface area contributed by atoms with Crippen LogP contribution >= 0.6 is 0 Å². The monoisotopic (exact) mass is 533 g/mol. The molecule has 2 aromatic carbocycles. The zero-order valence-corrected chi connectivity index (χ0v) is 23.1. The topological polar surface area (TPSA) is 118 Å². The van der Waals surface area contributed by atoms with Gasteiger partial charge in [-0.05, 0) is 101 Å². The Hall–Kier alpha value is -4.14. The number of carboxylic acids is 1. The standard InChI is InChI=1S/C30H35N3O6/c1-29(2,3)38-27(36)33(28(37)39-30(4,5)6)25-23-13-12-22(17-20(23)14-15-31-25)32-24(26(34)35)21-9-7-8-19(16-21)18-10-11-18/h7-9,12-18,24,32H,10-11H2,1-6H3,(H,34,35). The number of carbonyl (C=O) groups is 3. The predicted octanol–water partition coefficient (Wildman–Crippen LogP) is 7.03. The van der Waals surface area contributed by atoms with Crippen molar-refractivity contribution in [1.82, 2.24) is 4.98 Å². The van der Waals surface area contributed by atoms with Gasteiger partial charge in [0.1, 0.15) is 11.2 Å². The number of carbonyl (C=O) groups excluding carboxylic acids is 2. The number of hydrogen-bond donors (Lipinski definition) is 2. The van der Waals surface area contributed by atoms with Gasteiger partial charge in [0.15, 0.2) is 11.9 Å². The molecule has 9 heteroatoms. The van der Waals surface area contributed by atoms with E-state index < -0.39 is 35.4 Å². The maximum Gasteiger partial charge on any atom is 0.425 e. The second kappa shape index (κ2) is 10.6. The zero-order chi connectivity index (χ0) is 28.5. The first kappa shape index (κ1) is 27.9. The highest BCUT2D eigenvalue weighted by molar-refractivity contribution is 6.14. The molecular formula is C30H35N3O6. The second-order valence-corrected chi connectivity index (χ2v) is 11.7. The molecule has 2 N–H and O–H groups in total. The molecule has 2 amide bonds. The average molecular weight is 534 g/mol. The molecule has 0 aliphatic heterocycles. The van der Waals surface area contributed by atoms with Crippen LogP contribution < -0.4 is 10.2 Å². The molecule has 1 unspecified atom stereocenters. The van der Waals surface area contributed by atoms with Gasteiger partial charge >= 0.3 is 18.2 Å². The van der Waals surface area contributed by atoms with Crippen LogP contribution in [0.1, 0.15) is 77.5 Å². The molecule has 1 aliphatic carbocycles. The van der Waals surface area contributed by atoms with E-state index in [0.29, 0.717) is 27.9 Å². The summed E-state index contributed by atoms with van der Waals surface area (Å²) >= 11 is 0. The van der Waals surface area contributed by atoms with Crippen molar-refractivity contribution in [3.8, 4) is 0 Å². The maximum absolute atomic E-state index is 13.1. The van der Waals surface area contributed by atoms with Crippen molar-refractivity contribution in [1.29, 1.82) is 0 Å². The molecule has 0 saturated heterocycles. The molecule has 1 heterocycles. The Labute approximate surface area is 228 Å². The van der Waals surface area contributed by atoms with Gasteiger partial charge in [-0.3, -0.25) is 0 Å². The van der Waals surface area contributed by atoms with Crippen LogP contribution in [0.2, 0.25) is 0 Å². The van der Waals surface area contributed by atoms with Crippen molar-refractivity contribution in [2.45, 2.75) is 77.5 Å². The minimum absolute atomic E-state index is 0.0504. The molecule has 1 aliphatic rings. The fourth-order valence-corrected chi connectivity index (χ4v) is 4.16. The van der Waals surface area contributed by atoms with Crippen molar-refractivity contribution in [2.24, 2.45) is 0 Å². The minimum atomic E-state index is -1.00. The van der Waals surface area contributed by atoms with Gasteiger partial charge in [-0.1, -0.05) is 24.3 Å². The summed E-state index contributed by atoms with van der Waals surface area (Å²) in [6, 6.07) is 13.6. The van der Waals surface area contributed by atoms with Crippen molar-refractivity contribution in [3.05, 3.63) is 65.9 Å². The van der Waals surface area contributed by atoms with Crippen LogP contribution in [0.15, 0.2) is 54.7 Å². The number of aliphatic carboxylic acids is 1. The van der Waals surface area contributed by atoms with Crippen LogP contribution in [0.5, 0.6) is 0 Å². The average Bonchev–Trinajstić information content (AvgIpc) is 3.66. The Balaban J connectivity index is 1.69. The molecule has 39 heavy (non-hydrogen) atoms. The fourth-order valence-electron chi connectivity index (χ4n) is 4.16. The van der Waals surface area contributed by atoms with Crippen LogP contribution in [0, 0.1) is 0 Å². The largest absolute Gasteiger partial charge is 0.479 e. The molecule has 1 aromatic heterocycles. The van der Waals surface area contributed by atoms with E-state index in [1.54, 1.807) is 71.9 Å². The van der Waals surface area contributed by atoms with Crippen molar-refractivity contribution < 1.29 is 29.0 Å². The Bertz CT molecular complexity index is 1370. The summed E-state index contributed by atoms with van der Waals surface area (Å²) in [5, 5.41) is 14.2. The highest BCUT2D eigenvalue weighted by atomic mass is 16.6. The number of nitrogens with zero attached hydrogens (tertiary/aromatic N) is 2. The molecule has 1 saturated carbocycles. The number of rotatable bonds is 6. The van der Waals surface area contributed by atoms with E-state index in [0.717, 1.165) is 23.3 Å². The van der Waals surface area contributed by atoms with Gasteiger partial charge < -0.3 is 19.9 Å². The first-order valence-electron chi connectivity index (χ1n) is 13.0. The number of pyridine rings is 1. The molecule has 9 nitrogen and oxygen atoms in total. The number of imide groups is 1. The number of benzene rings is 2. The number of hydrogen-bond acceptors (Lipinski definition) is 7. The minimum Gasteiger partial charge on any atom is -0.479 e. The Morgan fingerprint density at radius 3 is 2.15 bits per heavy atom. The Morgan fingerprint density at radius 2 is 1.59 bits per heavy atom. The van der Waals surface area contributed by atoms with Crippen LogP contribution in [0.25, 0.3) is 10.8 Å². The van der Waals surface area contributed by atoms with Crippen LogP contribution in [0.4, 0.5) is 21.1 Å². The summed E-state index contributed by atoms with van der Waals surface area (Å²) in [5.41, 5.74) is 0.663. The SMILES string of the molecule is CC(C)(C)OC(=O)N(C(=O)OC(C)(C)C)c1nccc2cc(NC(C(=O)O)c3cccc(C4CC4)c3)ccc12. The molecule has 206 valence electrons. The van der Waals surface area contributed by atoms with Crippen molar-refractivity contribution in [3.63, 3.8) is 0 Å². The quantitative estimate of drug-likeness (QED) is 0.347. The van der Waals surface area contributed by atoms with Crippen LogP contribution in [-0.4, -0.2) is 39.4 Å². The fraction of sp³-hybridized carbons (Fsp3) is 0.400. The first-order valence-corrected chi connectivity index (χ1v) is 13.0. The van der Waals surface area contributed by atoms with Crippen molar-refractivity contribution in [2.75, 3.05) is 10.2 Å². The third kappa shape index (κ3) is 7.04. The number of fused-ring (bicyclic) bond motifs is 1. The van der Waals surface area contributed by atoms with Crippen LogP contribution in [0.3, 0.4) is 0 Å². The summed E-state index contributed by atoms with van der Waals surface area (Å²) in [4.78, 5) is 43.6. The van der Waals surface area contributed by atoms with Gasteiger partial charge in [0.25, 0.3) is 0 Å². The second-order valence-electron chi connectivity index (χ2n) is 11.7. The summed E-state index contributed by atoms with van der Waals surface area (Å²) in [7, 11) is 0. The molecular weight excluding hydrogens is 498 g/mol. The van der Waals surface area contributed by atoms with Crippen LogP contribution in [-0.2, 0) is 14.3 Å². The number of anilines is 2. The van der Waals surface area contributed by atoms with E-state index >= 15 is 0 Å². The summed E-state index contributed by atoms with van der Waals surface area (Å²) in [6.07, 6.45) is 1.89. The van der Waals surface area contributed by atoms with E-state index in [4.69, 9.17) is 9.47 Å². The summed E-state index contributed by atoms with van der Waals surface area (Å²) in [6.45, 7) is 10.2. The number of amides is 2. The first-order chi connectivity index (χ1) is 18.2. The normalized spacial score (nSPS) is 14.4. The van der Waals surface area contributed by atoms with Gasteiger partial charge in [-0.25, -0.2) is 19.4 Å². The smallest absolute Gasteiger partial charge is 0.425 e. The summed E-state index contributed by atoms with van der Waals surface area (Å²) < 4.78 is 11.0. The maximum atomic E-state index is 13.1. The molecule has 4 rings (SSSR count). The number of ether oxygens (including phenoxy) is 2. The summed E-state index contributed by atoms with van der Waals surface area (Å²) in [5.74, 6) is -0.446.